The van der Waals surface area contributed by atoms with Crippen molar-refractivity contribution in [2.24, 2.45) is 5.14 Å². The van der Waals surface area contributed by atoms with Gasteiger partial charge in [0.05, 0.1) is 31.2 Å². The largest absolute Gasteiger partial charge is 0.493 e. The van der Waals surface area contributed by atoms with Gasteiger partial charge in [-0.3, -0.25) is 14.5 Å². The highest BCUT2D eigenvalue weighted by Gasteiger charge is 2.38. The van der Waals surface area contributed by atoms with Gasteiger partial charge in [-0.25, -0.2) is 13.6 Å². The molecule has 10 heteroatoms. The highest BCUT2D eigenvalue weighted by Crippen LogP contribution is 2.36. The predicted octanol–water partition coefficient (Wildman–Crippen LogP) is 1.87. The second-order valence-corrected chi connectivity index (χ2v) is 8.08. The van der Waals surface area contributed by atoms with Crippen LogP contribution < -0.4 is 14.6 Å². The van der Waals surface area contributed by atoms with Crippen LogP contribution in [0, 0.1) is 0 Å². The molecule has 0 saturated heterocycles. The number of benzene rings is 2. The van der Waals surface area contributed by atoms with Crippen LogP contribution in [0.2, 0.25) is 0 Å². The number of ether oxygens (including phenoxy) is 2. The number of imide groups is 1. The minimum atomic E-state index is -3.83. The first kappa shape index (κ1) is 20.8. The van der Waals surface area contributed by atoms with E-state index in [0.29, 0.717) is 22.6 Å². The first-order valence-electron chi connectivity index (χ1n) is 8.27. The van der Waals surface area contributed by atoms with Crippen molar-refractivity contribution < 1.29 is 27.5 Å². The average molecular weight is 437 g/mol. The summed E-state index contributed by atoms with van der Waals surface area (Å²) < 4.78 is 33.1. The van der Waals surface area contributed by atoms with Gasteiger partial charge in [0.2, 0.25) is 10.0 Å². The minimum Gasteiger partial charge on any atom is -0.493 e. The number of primary sulfonamides is 1. The minimum absolute atomic E-state index is 0.0544. The van der Waals surface area contributed by atoms with Crippen LogP contribution in [0.1, 0.15) is 11.1 Å². The number of nitrogens with zero attached hydrogens (tertiary/aromatic N) is 1. The highest BCUT2D eigenvalue weighted by molar-refractivity contribution is 7.89. The Kier molecular flexibility index (Phi) is 5.65. The second-order valence-electron chi connectivity index (χ2n) is 6.14. The van der Waals surface area contributed by atoms with Crippen LogP contribution in [0.4, 0.5) is 0 Å². The molecule has 0 bridgehead atoms. The van der Waals surface area contributed by atoms with Gasteiger partial charge in [-0.1, -0.05) is 29.8 Å². The number of hydrogen-bond acceptors (Lipinski definition) is 6. The summed E-state index contributed by atoms with van der Waals surface area (Å²) in [6, 6.07) is 10.3. The summed E-state index contributed by atoms with van der Waals surface area (Å²) in [5.41, 5.74) is 1.01. The zero-order valence-electron chi connectivity index (χ0n) is 15.5. The van der Waals surface area contributed by atoms with E-state index in [0.717, 1.165) is 4.90 Å². The van der Waals surface area contributed by atoms with Gasteiger partial charge in [0.25, 0.3) is 11.8 Å². The number of sulfonamides is 1. The molecule has 152 valence electrons. The summed E-state index contributed by atoms with van der Waals surface area (Å²) in [4.78, 5) is 26.4. The van der Waals surface area contributed by atoms with Gasteiger partial charge in [0, 0.05) is 0 Å². The summed E-state index contributed by atoms with van der Waals surface area (Å²) in [5.74, 6) is -0.351. The van der Waals surface area contributed by atoms with Crippen LogP contribution in [0.5, 0.6) is 11.5 Å². The molecule has 2 aromatic rings. The van der Waals surface area contributed by atoms with E-state index >= 15 is 0 Å². The maximum Gasteiger partial charge on any atom is 0.273 e. The van der Waals surface area contributed by atoms with Crippen molar-refractivity contribution >= 4 is 39.0 Å². The summed E-state index contributed by atoms with van der Waals surface area (Å²) >= 11 is 6.17. The number of carbonyl (C=O) groups excluding carboxylic acids is 2. The Labute approximate surface area is 172 Å². The molecule has 1 aliphatic heterocycles. The first-order chi connectivity index (χ1) is 13.7. The quantitative estimate of drug-likeness (QED) is 0.691. The Bertz CT molecular complexity index is 1130. The van der Waals surface area contributed by atoms with Gasteiger partial charge in [-0.2, -0.15) is 0 Å². The molecular formula is C19H17ClN2O6S. The third-order valence-electron chi connectivity index (χ3n) is 4.38. The van der Waals surface area contributed by atoms with E-state index in [1.54, 1.807) is 18.2 Å². The predicted molar refractivity (Wildman–Crippen MR) is 106 cm³/mol. The van der Waals surface area contributed by atoms with Crippen molar-refractivity contribution in [2.45, 2.75) is 11.4 Å². The summed E-state index contributed by atoms with van der Waals surface area (Å²) in [7, 11) is -0.895. The van der Waals surface area contributed by atoms with Gasteiger partial charge in [0.15, 0.2) is 11.5 Å². The number of methoxy groups -OCH3 is 2. The van der Waals surface area contributed by atoms with E-state index in [1.807, 2.05) is 0 Å². The molecular weight excluding hydrogens is 420 g/mol. The van der Waals surface area contributed by atoms with Crippen molar-refractivity contribution in [3.05, 3.63) is 58.6 Å². The van der Waals surface area contributed by atoms with Gasteiger partial charge in [-0.15, -0.1) is 0 Å². The Morgan fingerprint density at radius 2 is 1.59 bits per heavy atom. The van der Waals surface area contributed by atoms with Crippen molar-refractivity contribution in [1.29, 1.82) is 0 Å². The molecule has 2 aromatic carbocycles. The molecule has 2 N–H and O–H groups in total. The average Bonchev–Trinajstić information content (AvgIpc) is 2.90. The lowest BCUT2D eigenvalue weighted by atomic mass is 10.1. The fourth-order valence-corrected chi connectivity index (χ4v) is 3.71. The van der Waals surface area contributed by atoms with Gasteiger partial charge < -0.3 is 9.47 Å². The number of rotatable bonds is 6. The van der Waals surface area contributed by atoms with Crippen molar-refractivity contribution in [3.63, 3.8) is 0 Å². The standard InChI is InChI=1S/C19H17ClN2O6S/c1-27-14-8-5-12(9-15(14)28-2)16-17(20)19(24)22(18(16)23)10-11-3-6-13(7-4-11)29(21,25)26/h3-9H,10H2,1-2H3,(H2,21,25,26). The summed E-state index contributed by atoms with van der Waals surface area (Å²) in [6.45, 7) is -0.0738. The van der Waals surface area contributed by atoms with E-state index < -0.39 is 21.8 Å². The van der Waals surface area contributed by atoms with Crippen molar-refractivity contribution in [1.82, 2.24) is 4.90 Å². The first-order valence-corrected chi connectivity index (χ1v) is 10.2. The highest BCUT2D eigenvalue weighted by atomic mass is 35.5. The van der Waals surface area contributed by atoms with Crippen LogP contribution in [0.3, 0.4) is 0 Å². The molecule has 2 amide bonds. The number of amides is 2. The Morgan fingerprint density at radius 1 is 0.966 bits per heavy atom. The normalized spacial score (nSPS) is 14.6. The smallest absolute Gasteiger partial charge is 0.273 e. The molecule has 29 heavy (non-hydrogen) atoms. The number of halogens is 1. The van der Waals surface area contributed by atoms with Crippen molar-refractivity contribution in [2.75, 3.05) is 14.2 Å². The maximum atomic E-state index is 12.9. The molecule has 0 atom stereocenters. The zero-order chi connectivity index (χ0) is 21.3. The zero-order valence-corrected chi connectivity index (χ0v) is 17.1. The SMILES string of the molecule is COc1ccc(C2=C(Cl)C(=O)N(Cc3ccc(S(N)(=O)=O)cc3)C2=O)cc1OC. The lowest BCUT2D eigenvalue weighted by Gasteiger charge is -2.15. The van der Waals surface area contributed by atoms with E-state index in [9.17, 15) is 18.0 Å². The van der Waals surface area contributed by atoms with E-state index in [2.05, 4.69) is 0 Å². The monoisotopic (exact) mass is 436 g/mol. The van der Waals surface area contributed by atoms with E-state index in [-0.39, 0.29) is 22.0 Å². The van der Waals surface area contributed by atoms with Crippen molar-refractivity contribution in [3.8, 4) is 11.5 Å². The van der Waals surface area contributed by atoms with Crippen LogP contribution >= 0.6 is 11.6 Å². The molecule has 3 rings (SSSR count). The van der Waals surface area contributed by atoms with Gasteiger partial charge in [-0.05, 0) is 35.4 Å². The van der Waals surface area contributed by atoms with Crippen LogP contribution in [0.15, 0.2) is 52.4 Å². The third-order valence-corrected chi connectivity index (χ3v) is 5.66. The van der Waals surface area contributed by atoms with Gasteiger partial charge >= 0.3 is 0 Å². The Morgan fingerprint density at radius 3 is 2.14 bits per heavy atom. The molecule has 1 aliphatic rings. The third kappa shape index (κ3) is 3.98. The fraction of sp³-hybridized carbons (Fsp3) is 0.158. The number of carbonyl (C=O) groups is 2. The molecule has 0 aliphatic carbocycles. The van der Waals surface area contributed by atoms with Crippen LogP contribution in [-0.2, 0) is 26.2 Å². The van der Waals surface area contributed by atoms with E-state index in [1.165, 1.54) is 38.5 Å². The fourth-order valence-electron chi connectivity index (χ4n) is 2.90. The molecule has 0 aromatic heterocycles. The molecule has 0 saturated carbocycles. The summed E-state index contributed by atoms with van der Waals surface area (Å²) in [6.07, 6.45) is 0. The molecule has 1 heterocycles. The lowest BCUT2D eigenvalue weighted by molar-refractivity contribution is -0.137. The van der Waals surface area contributed by atoms with E-state index in [4.69, 9.17) is 26.2 Å². The van der Waals surface area contributed by atoms with Crippen LogP contribution in [0.25, 0.3) is 5.57 Å². The molecule has 8 nitrogen and oxygen atoms in total. The Balaban J connectivity index is 1.89. The number of nitrogens with two attached hydrogens (primary N) is 1. The summed E-state index contributed by atoms with van der Waals surface area (Å²) in [5, 5.41) is 4.86. The molecule has 0 fully saturated rings. The topological polar surface area (TPSA) is 116 Å². The molecule has 0 radical (unpaired) electrons. The maximum absolute atomic E-state index is 12.9. The second kappa shape index (κ2) is 7.86. The lowest BCUT2D eigenvalue weighted by Crippen LogP contribution is -2.30. The Hall–Kier alpha value is -2.88. The number of hydrogen-bond donors (Lipinski definition) is 1. The molecule has 0 spiro atoms. The van der Waals surface area contributed by atoms with Crippen LogP contribution in [-0.4, -0.2) is 39.4 Å². The molecule has 0 unspecified atom stereocenters. The van der Waals surface area contributed by atoms with Gasteiger partial charge in [0.1, 0.15) is 5.03 Å².